The number of ether oxygens (including phenoxy) is 1. The quantitative estimate of drug-likeness (QED) is 0.475. The van der Waals surface area contributed by atoms with Crippen molar-refractivity contribution in [2.45, 2.75) is 20.1 Å². The maximum Gasteiger partial charge on any atom is 0.387 e. The van der Waals surface area contributed by atoms with Gasteiger partial charge < -0.3 is 20.7 Å². The zero-order chi connectivity index (χ0) is 20.4. The number of hydrogen-bond acceptors (Lipinski definition) is 3. The van der Waals surface area contributed by atoms with Gasteiger partial charge in [0, 0.05) is 17.8 Å². The van der Waals surface area contributed by atoms with Crippen molar-refractivity contribution >= 4 is 17.6 Å². The van der Waals surface area contributed by atoms with Crippen molar-refractivity contribution < 1.29 is 22.7 Å². The fraction of sp³-hybridized carbons (Fsp3) is 0.263. The van der Waals surface area contributed by atoms with Gasteiger partial charge >= 0.3 is 6.61 Å². The monoisotopic (exact) mass is 394 g/mol. The van der Waals surface area contributed by atoms with Crippen molar-refractivity contribution in [1.82, 2.24) is 10.6 Å². The molecule has 0 aromatic heterocycles. The molecule has 0 aliphatic heterocycles. The van der Waals surface area contributed by atoms with Crippen LogP contribution in [0.15, 0.2) is 53.5 Å². The predicted octanol–water partition coefficient (Wildman–Crippen LogP) is 3.12. The fourth-order valence-electron chi connectivity index (χ4n) is 2.25. The average Bonchev–Trinajstić information content (AvgIpc) is 2.66. The number of hydrogen-bond donors (Lipinski definition) is 3. The van der Waals surface area contributed by atoms with Crippen molar-refractivity contribution in [1.29, 1.82) is 0 Å². The zero-order valence-corrected chi connectivity index (χ0v) is 15.2. The maximum absolute atomic E-state index is 12.9. The highest BCUT2D eigenvalue weighted by molar-refractivity contribution is 5.94. The number of anilines is 1. The lowest BCUT2D eigenvalue weighted by molar-refractivity contribution is -0.115. The molecule has 2 aromatic carbocycles. The molecule has 0 aliphatic carbocycles. The molecule has 3 N–H and O–H groups in total. The average molecular weight is 394 g/mol. The van der Waals surface area contributed by atoms with Gasteiger partial charge in [-0.3, -0.25) is 4.79 Å². The van der Waals surface area contributed by atoms with E-state index < -0.39 is 12.4 Å². The van der Waals surface area contributed by atoms with Gasteiger partial charge in [0.1, 0.15) is 11.6 Å². The fourth-order valence-corrected chi connectivity index (χ4v) is 2.25. The molecule has 0 fully saturated rings. The molecule has 0 bridgehead atoms. The molecule has 0 saturated carbocycles. The molecule has 0 heterocycles. The summed E-state index contributed by atoms with van der Waals surface area (Å²) >= 11 is 0. The van der Waals surface area contributed by atoms with E-state index >= 15 is 0 Å². The maximum atomic E-state index is 12.9. The number of guanidine groups is 1. The zero-order valence-electron chi connectivity index (χ0n) is 15.2. The second kappa shape index (κ2) is 10.8. The number of alkyl halides is 2. The second-order valence-electron chi connectivity index (χ2n) is 5.59. The largest absolute Gasteiger partial charge is 0.434 e. The van der Waals surface area contributed by atoms with Crippen molar-refractivity contribution in [2.24, 2.45) is 4.99 Å². The Balaban J connectivity index is 1.95. The smallest absolute Gasteiger partial charge is 0.387 e. The predicted molar refractivity (Wildman–Crippen MR) is 101 cm³/mol. The highest BCUT2D eigenvalue weighted by atomic mass is 19.3. The molecule has 6 nitrogen and oxygen atoms in total. The Morgan fingerprint density at radius 3 is 2.50 bits per heavy atom. The van der Waals surface area contributed by atoms with Crippen LogP contribution in [-0.4, -0.2) is 31.6 Å². The van der Waals surface area contributed by atoms with E-state index in [1.807, 2.05) is 6.92 Å². The van der Waals surface area contributed by atoms with Crippen LogP contribution in [0.1, 0.15) is 12.5 Å². The molecule has 1 amide bonds. The van der Waals surface area contributed by atoms with Crippen LogP contribution in [0, 0.1) is 5.82 Å². The third kappa shape index (κ3) is 7.18. The van der Waals surface area contributed by atoms with Crippen molar-refractivity contribution in [3.8, 4) is 5.75 Å². The molecule has 0 unspecified atom stereocenters. The number of carbonyl (C=O) groups is 1. The van der Waals surface area contributed by atoms with Crippen molar-refractivity contribution in [3.63, 3.8) is 0 Å². The summed E-state index contributed by atoms with van der Waals surface area (Å²) in [5.41, 5.74) is 0.948. The van der Waals surface area contributed by atoms with Gasteiger partial charge in [-0.05, 0) is 37.3 Å². The summed E-state index contributed by atoms with van der Waals surface area (Å²) < 4.78 is 42.3. The molecule has 9 heteroatoms. The van der Waals surface area contributed by atoms with Gasteiger partial charge in [0.2, 0.25) is 5.91 Å². The van der Waals surface area contributed by atoms with Gasteiger partial charge in [0.25, 0.3) is 0 Å². The number of nitrogens with one attached hydrogen (secondary N) is 3. The molecule has 0 radical (unpaired) electrons. The van der Waals surface area contributed by atoms with Crippen LogP contribution >= 0.6 is 0 Å². The number of carbonyl (C=O) groups excluding carboxylic acids is 1. The number of aliphatic imine (C=N–C) groups is 1. The summed E-state index contributed by atoms with van der Waals surface area (Å²) in [4.78, 5) is 16.3. The molecule has 0 aliphatic rings. The molecule has 0 saturated heterocycles. The highest BCUT2D eigenvalue weighted by Gasteiger charge is 2.09. The minimum absolute atomic E-state index is 0.0474. The molecule has 0 atom stereocenters. The SMILES string of the molecule is CCNC(=NCc1ccccc1OC(F)F)NCC(=O)Nc1ccc(F)cc1. The van der Waals surface area contributed by atoms with Crippen LogP contribution in [0.4, 0.5) is 18.9 Å². The lowest BCUT2D eigenvalue weighted by Gasteiger charge is -2.13. The van der Waals surface area contributed by atoms with E-state index in [0.29, 0.717) is 23.8 Å². The first kappa shape index (κ1) is 21.1. The standard InChI is InChI=1S/C19H21F3N4O2/c1-2-23-19(24-11-13-5-3-4-6-16(13)28-18(21)22)25-12-17(27)26-15-9-7-14(20)8-10-15/h3-10,18H,2,11-12H2,1H3,(H,26,27)(H2,23,24,25). The van der Waals surface area contributed by atoms with Gasteiger partial charge in [0.15, 0.2) is 5.96 Å². The molecular weight excluding hydrogens is 373 g/mol. The Kier molecular flexibility index (Phi) is 8.13. The molecule has 28 heavy (non-hydrogen) atoms. The number of halogens is 3. The lowest BCUT2D eigenvalue weighted by atomic mass is 10.2. The number of rotatable bonds is 8. The first-order valence-corrected chi connectivity index (χ1v) is 8.58. The van der Waals surface area contributed by atoms with E-state index in [0.717, 1.165) is 0 Å². The highest BCUT2D eigenvalue weighted by Crippen LogP contribution is 2.20. The number of amides is 1. The van der Waals surface area contributed by atoms with E-state index in [2.05, 4.69) is 25.7 Å². The summed E-state index contributed by atoms with van der Waals surface area (Å²) in [5.74, 6) is -0.359. The van der Waals surface area contributed by atoms with Gasteiger partial charge in [-0.25, -0.2) is 9.38 Å². The van der Waals surface area contributed by atoms with Gasteiger partial charge in [-0.15, -0.1) is 0 Å². The number of benzene rings is 2. The van der Waals surface area contributed by atoms with Crippen LogP contribution in [0.2, 0.25) is 0 Å². The summed E-state index contributed by atoms with van der Waals surface area (Å²) in [6.45, 7) is -0.535. The molecule has 2 rings (SSSR count). The van der Waals surface area contributed by atoms with E-state index in [1.165, 1.54) is 30.3 Å². The minimum atomic E-state index is -2.92. The van der Waals surface area contributed by atoms with Gasteiger partial charge in [0.05, 0.1) is 13.1 Å². The summed E-state index contributed by atoms with van der Waals surface area (Å²) in [6.07, 6.45) is 0. The second-order valence-corrected chi connectivity index (χ2v) is 5.59. The molecular formula is C19H21F3N4O2. The van der Waals surface area contributed by atoms with Crippen LogP contribution in [0.25, 0.3) is 0 Å². The van der Waals surface area contributed by atoms with Gasteiger partial charge in [-0.1, -0.05) is 18.2 Å². The Labute approximate surface area is 160 Å². The summed E-state index contributed by atoms with van der Waals surface area (Å²) in [5, 5.41) is 8.42. The first-order chi connectivity index (χ1) is 13.5. The first-order valence-electron chi connectivity index (χ1n) is 8.58. The topological polar surface area (TPSA) is 74.8 Å². The van der Waals surface area contributed by atoms with E-state index in [1.54, 1.807) is 18.2 Å². The van der Waals surface area contributed by atoms with E-state index in [4.69, 9.17) is 0 Å². The van der Waals surface area contributed by atoms with Crippen LogP contribution in [0.3, 0.4) is 0 Å². The molecule has 2 aromatic rings. The number of para-hydroxylation sites is 1. The van der Waals surface area contributed by atoms with E-state index in [-0.39, 0.29) is 24.7 Å². The summed E-state index contributed by atoms with van der Waals surface area (Å²) in [7, 11) is 0. The van der Waals surface area contributed by atoms with Crippen molar-refractivity contribution in [2.75, 3.05) is 18.4 Å². The minimum Gasteiger partial charge on any atom is -0.434 e. The van der Waals surface area contributed by atoms with E-state index in [9.17, 15) is 18.0 Å². The Hall–Kier alpha value is -3.23. The Bertz CT molecular complexity index is 798. The van der Waals surface area contributed by atoms with Crippen LogP contribution in [-0.2, 0) is 11.3 Å². The van der Waals surface area contributed by atoms with Crippen LogP contribution < -0.4 is 20.7 Å². The normalized spacial score (nSPS) is 11.2. The Morgan fingerprint density at radius 1 is 1.11 bits per heavy atom. The third-order valence-electron chi connectivity index (χ3n) is 3.48. The Morgan fingerprint density at radius 2 is 1.82 bits per heavy atom. The van der Waals surface area contributed by atoms with Crippen LogP contribution in [0.5, 0.6) is 5.75 Å². The van der Waals surface area contributed by atoms with Crippen molar-refractivity contribution in [3.05, 3.63) is 59.9 Å². The molecule has 150 valence electrons. The number of nitrogens with zero attached hydrogens (tertiary/aromatic N) is 1. The third-order valence-corrected chi connectivity index (χ3v) is 3.48. The lowest BCUT2D eigenvalue weighted by Crippen LogP contribution is -2.41. The molecule has 0 spiro atoms. The summed E-state index contributed by atoms with van der Waals surface area (Å²) in [6, 6.07) is 11.7. The van der Waals surface area contributed by atoms with Gasteiger partial charge in [-0.2, -0.15) is 8.78 Å².